The van der Waals surface area contributed by atoms with Crippen molar-refractivity contribution in [3.8, 4) is 0 Å². The quantitative estimate of drug-likeness (QED) is 0.779. The molecule has 1 aromatic heterocycles. The van der Waals surface area contributed by atoms with E-state index in [1.54, 1.807) is 4.68 Å². The molecule has 0 radical (unpaired) electrons. The van der Waals surface area contributed by atoms with Gasteiger partial charge in [-0.2, -0.15) is 13.2 Å². The van der Waals surface area contributed by atoms with Crippen molar-refractivity contribution in [1.82, 2.24) is 24.8 Å². The lowest BCUT2D eigenvalue weighted by atomic mass is 10.0. The Morgan fingerprint density at radius 2 is 1.72 bits per heavy atom. The van der Waals surface area contributed by atoms with Crippen LogP contribution in [0.15, 0.2) is 18.2 Å². The first-order chi connectivity index (χ1) is 13.9. The summed E-state index contributed by atoms with van der Waals surface area (Å²) in [5.41, 5.74) is 0.176. The third kappa shape index (κ3) is 4.55. The van der Waals surface area contributed by atoms with Gasteiger partial charge in [0, 0.05) is 26.2 Å². The lowest BCUT2D eigenvalue weighted by Crippen LogP contribution is -2.44. The Morgan fingerprint density at radius 3 is 2.38 bits per heavy atom. The fourth-order valence-electron chi connectivity index (χ4n) is 4.32. The van der Waals surface area contributed by atoms with Gasteiger partial charge < -0.3 is 4.90 Å². The summed E-state index contributed by atoms with van der Waals surface area (Å²) in [5.74, 6) is 0.205. The van der Waals surface area contributed by atoms with Crippen LogP contribution in [0.4, 0.5) is 13.2 Å². The van der Waals surface area contributed by atoms with Gasteiger partial charge in [0.25, 0.3) is 0 Å². The van der Waals surface area contributed by atoms with Gasteiger partial charge in [0.05, 0.1) is 23.7 Å². The highest BCUT2D eigenvalue weighted by Crippen LogP contribution is 2.32. The van der Waals surface area contributed by atoms with Crippen LogP contribution in [0.5, 0.6) is 0 Å². The molecular weight excluding hydrogens is 383 g/mol. The molecule has 0 atom stereocenters. The molecule has 9 heteroatoms. The number of hydrogen-bond acceptors (Lipinski definition) is 4. The van der Waals surface area contributed by atoms with Gasteiger partial charge >= 0.3 is 6.18 Å². The molecule has 6 nitrogen and oxygen atoms in total. The summed E-state index contributed by atoms with van der Waals surface area (Å²) in [5, 5.41) is 8.06. The lowest BCUT2D eigenvalue weighted by molar-refractivity contribution is -0.137. The number of aromatic nitrogens is 3. The monoisotopic (exact) mass is 409 g/mol. The van der Waals surface area contributed by atoms with Crippen LogP contribution >= 0.6 is 0 Å². The van der Waals surface area contributed by atoms with Crippen molar-refractivity contribution in [2.75, 3.05) is 32.7 Å². The average Bonchev–Trinajstić information content (AvgIpc) is 2.92. The maximum atomic E-state index is 12.9. The molecule has 2 aliphatic heterocycles. The number of carbonyl (C=O) groups excluding carboxylic acids is 1. The molecule has 2 saturated heterocycles. The first-order valence-corrected chi connectivity index (χ1v) is 10.3. The average molecular weight is 409 g/mol. The molecule has 0 saturated carbocycles. The fraction of sp³-hybridized carbons (Fsp3) is 0.650. The maximum absolute atomic E-state index is 12.9. The van der Waals surface area contributed by atoms with E-state index in [-0.39, 0.29) is 17.5 Å². The SMILES string of the molecule is O=C(CN1CCC(n2nnc3cc(C(F)(F)F)ccc32)CC1)N1CCCCCC1. The largest absolute Gasteiger partial charge is 0.416 e. The molecule has 1 amide bonds. The molecule has 0 unspecified atom stereocenters. The Hall–Kier alpha value is -2.16. The zero-order valence-corrected chi connectivity index (χ0v) is 16.4. The second-order valence-electron chi connectivity index (χ2n) is 8.04. The minimum atomic E-state index is -4.39. The predicted octanol–water partition coefficient (Wildman–Crippen LogP) is 3.49. The summed E-state index contributed by atoms with van der Waals surface area (Å²) >= 11 is 0. The van der Waals surface area contributed by atoms with Crippen molar-refractivity contribution in [1.29, 1.82) is 0 Å². The molecule has 4 rings (SSSR count). The number of amides is 1. The Kier molecular flexibility index (Phi) is 5.76. The van der Waals surface area contributed by atoms with Gasteiger partial charge in [0.2, 0.25) is 5.91 Å². The van der Waals surface area contributed by atoms with Crippen LogP contribution in [0.1, 0.15) is 50.1 Å². The molecular formula is C20H26F3N5O. The van der Waals surface area contributed by atoms with E-state index < -0.39 is 11.7 Å². The number of likely N-dealkylation sites (tertiary alicyclic amines) is 2. The lowest BCUT2D eigenvalue weighted by Gasteiger charge is -2.33. The Morgan fingerprint density at radius 1 is 1.03 bits per heavy atom. The number of hydrogen-bond donors (Lipinski definition) is 0. The van der Waals surface area contributed by atoms with E-state index in [1.165, 1.54) is 18.9 Å². The zero-order valence-electron chi connectivity index (χ0n) is 16.4. The van der Waals surface area contributed by atoms with Crippen molar-refractivity contribution in [2.24, 2.45) is 0 Å². The van der Waals surface area contributed by atoms with Gasteiger partial charge in [-0.3, -0.25) is 9.69 Å². The number of benzene rings is 1. The minimum absolute atomic E-state index is 0.0845. The van der Waals surface area contributed by atoms with E-state index in [0.29, 0.717) is 12.1 Å². The molecule has 29 heavy (non-hydrogen) atoms. The molecule has 2 fully saturated rings. The van der Waals surface area contributed by atoms with Crippen LogP contribution in [0, 0.1) is 0 Å². The molecule has 0 spiro atoms. The summed E-state index contributed by atoms with van der Waals surface area (Å²) < 4.78 is 40.4. The van der Waals surface area contributed by atoms with Crippen LogP contribution < -0.4 is 0 Å². The minimum Gasteiger partial charge on any atom is -0.342 e. The molecule has 0 aliphatic carbocycles. The highest BCUT2D eigenvalue weighted by Gasteiger charge is 2.31. The van der Waals surface area contributed by atoms with Crippen molar-refractivity contribution in [3.05, 3.63) is 23.8 Å². The van der Waals surface area contributed by atoms with E-state index in [4.69, 9.17) is 0 Å². The first-order valence-electron chi connectivity index (χ1n) is 10.3. The van der Waals surface area contributed by atoms with Crippen LogP contribution in [0.25, 0.3) is 11.0 Å². The third-order valence-corrected chi connectivity index (χ3v) is 6.02. The number of fused-ring (bicyclic) bond motifs is 1. The van der Waals surface area contributed by atoms with Crippen LogP contribution in [0.3, 0.4) is 0 Å². The zero-order chi connectivity index (χ0) is 20.4. The number of nitrogens with zero attached hydrogens (tertiary/aromatic N) is 5. The van der Waals surface area contributed by atoms with Gasteiger partial charge in [-0.05, 0) is 43.9 Å². The molecule has 2 aromatic rings. The number of carbonyl (C=O) groups is 1. The number of rotatable bonds is 3. The Labute approximate surface area is 167 Å². The maximum Gasteiger partial charge on any atom is 0.416 e. The van der Waals surface area contributed by atoms with Gasteiger partial charge in [-0.1, -0.05) is 18.1 Å². The second-order valence-corrected chi connectivity index (χ2v) is 8.04. The second kappa shape index (κ2) is 8.30. The van der Waals surface area contributed by atoms with E-state index in [2.05, 4.69) is 15.2 Å². The molecule has 3 heterocycles. The standard InChI is InChI=1S/C20H26F3N5O/c21-20(22,23)15-5-6-18-17(13-15)24-25-28(18)16-7-11-26(12-8-16)14-19(29)27-9-3-1-2-4-10-27/h5-6,13,16H,1-4,7-12,14H2. The first kappa shape index (κ1) is 20.1. The summed E-state index contributed by atoms with van der Waals surface area (Å²) in [6, 6.07) is 3.67. The van der Waals surface area contributed by atoms with E-state index in [9.17, 15) is 18.0 Å². The molecule has 0 N–H and O–H groups in total. The Balaban J connectivity index is 1.36. The highest BCUT2D eigenvalue weighted by molar-refractivity contribution is 5.78. The van der Waals surface area contributed by atoms with Crippen LogP contribution in [-0.2, 0) is 11.0 Å². The molecule has 158 valence electrons. The van der Waals surface area contributed by atoms with E-state index >= 15 is 0 Å². The number of alkyl halides is 3. The van der Waals surface area contributed by atoms with E-state index in [0.717, 1.165) is 64.0 Å². The van der Waals surface area contributed by atoms with Gasteiger partial charge in [0.1, 0.15) is 5.52 Å². The van der Waals surface area contributed by atoms with Crippen molar-refractivity contribution in [2.45, 2.75) is 50.7 Å². The van der Waals surface area contributed by atoms with Gasteiger partial charge in [0.15, 0.2) is 0 Å². The van der Waals surface area contributed by atoms with Crippen LogP contribution in [-0.4, -0.2) is 63.4 Å². The summed E-state index contributed by atoms with van der Waals surface area (Å²) in [7, 11) is 0. The van der Waals surface area contributed by atoms with E-state index in [1.807, 2.05) is 4.90 Å². The number of piperidine rings is 1. The van der Waals surface area contributed by atoms with Crippen molar-refractivity contribution in [3.63, 3.8) is 0 Å². The predicted molar refractivity (Wildman–Crippen MR) is 102 cm³/mol. The van der Waals surface area contributed by atoms with Crippen LogP contribution in [0.2, 0.25) is 0 Å². The summed E-state index contributed by atoms with van der Waals surface area (Å²) in [6.07, 6.45) is 1.78. The van der Waals surface area contributed by atoms with Gasteiger partial charge in [-0.25, -0.2) is 4.68 Å². The summed E-state index contributed by atoms with van der Waals surface area (Å²) in [6.45, 7) is 3.71. The normalized spacial score (nSPS) is 20.2. The fourth-order valence-corrected chi connectivity index (χ4v) is 4.32. The Bertz CT molecular complexity index is 849. The highest BCUT2D eigenvalue weighted by atomic mass is 19.4. The van der Waals surface area contributed by atoms with Crippen molar-refractivity contribution >= 4 is 16.9 Å². The summed E-state index contributed by atoms with van der Waals surface area (Å²) in [4.78, 5) is 16.7. The van der Waals surface area contributed by atoms with Crippen molar-refractivity contribution < 1.29 is 18.0 Å². The number of halogens is 3. The molecule has 2 aliphatic rings. The molecule has 0 bridgehead atoms. The smallest absolute Gasteiger partial charge is 0.342 e. The van der Waals surface area contributed by atoms with Gasteiger partial charge in [-0.15, -0.1) is 5.10 Å². The third-order valence-electron chi connectivity index (χ3n) is 6.02. The molecule has 1 aromatic carbocycles. The topological polar surface area (TPSA) is 54.3 Å².